The molecule has 0 bridgehead atoms. The van der Waals surface area contributed by atoms with Gasteiger partial charge < -0.3 is 39.0 Å². The van der Waals surface area contributed by atoms with E-state index < -0.39 is 29.7 Å². The van der Waals surface area contributed by atoms with Crippen LogP contribution in [0, 0.1) is 46.3 Å². The van der Waals surface area contributed by atoms with Gasteiger partial charge in [0.1, 0.15) is 29.3 Å². The van der Waals surface area contributed by atoms with Gasteiger partial charge in [-0.05, 0) is 145 Å². The number of nitrogens with zero attached hydrogens (tertiary/aromatic N) is 1. The highest BCUT2D eigenvalue weighted by molar-refractivity contribution is 5.78. The number of hydrogen-bond donors (Lipinski definition) is 2. The number of carbonyl (C=O) groups excluding carboxylic acids is 3. The zero-order valence-corrected chi connectivity index (χ0v) is 46.7. The molecule has 0 radical (unpaired) electrons. The number of allylic oxidation sites excluding steroid dienone is 1. The van der Waals surface area contributed by atoms with Crippen molar-refractivity contribution < 1.29 is 48.0 Å². The van der Waals surface area contributed by atoms with Crippen molar-refractivity contribution >= 4 is 23.9 Å². The van der Waals surface area contributed by atoms with Gasteiger partial charge in [0.2, 0.25) is 5.91 Å². The number of unbranched alkanes of at least 4 members (excludes halogenated alkanes) is 2. The van der Waals surface area contributed by atoms with Crippen molar-refractivity contribution in [3.63, 3.8) is 0 Å². The lowest BCUT2D eigenvalue weighted by Gasteiger charge is -2.58. The van der Waals surface area contributed by atoms with Gasteiger partial charge in [-0.3, -0.25) is 14.4 Å². The van der Waals surface area contributed by atoms with Crippen molar-refractivity contribution in [3.05, 3.63) is 107 Å². The lowest BCUT2D eigenvalue weighted by molar-refractivity contribution is -0.152. The fraction of sp³-hybridized carbons (Fsp3) is 0.625. The van der Waals surface area contributed by atoms with Crippen molar-refractivity contribution in [1.29, 1.82) is 0 Å². The van der Waals surface area contributed by atoms with E-state index in [0.717, 1.165) is 77.9 Å². The van der Waals surface area contributed by atoms with Gasteiger partial charge in [-0.1, -0.05) is 127 Å². The molecule has 1 heterocycles. The van der Waals surface area contributed by atoms with Crippen molar-refractivity contribution in [2.45, 2.75) is 174 Å². The molecule has 76 heavy (non-hydrogen) atoms. The van der Waals surface area contributed by atoms with E-state index >= 15 is 0 Å². The maximum absolute atomic E-state index is 14.2. The lowest BCUT2D eigenvalue weighted by atomic mass is 9.47. The number of benzene rings is 3. The Kier molecular flexibility index (Phi) is 19.0. The Morgan fingerprint density at radius 1 is 0.737 bits per heavy atom. The summed E-state index contributed by atoms with van der Waals surface area (Å²) in [5.74, 6) is 4.34. The highest BCUT2D eigenvalue weighted by Crippen LogP contribution is 2.67. The third-order valence-electron chi connectivity index (χ3n) is 19.1. The number of esters is 1. The third-order valence-corrected chi connectivity index (χ3v) is 19.1. The van der Waals surface area contributed by atoms with E-state index in [1.807, 2.05) is 78.9 Å². The summed E-state index contributed by atoms with van der Waals surface area (Å²) in [4.78, 5) is 53.3. The van der Waals surface area contributed by atoms with Crippen LogP contribution < -0.4 is 14.8 Å². The Bertz CT molecular complexity index is 2390. The number of rotatable bonds is 24. The summed E-state index contributed by atoms with van der Waals surface area (Å²) in [5, 5.41) is 12.2. The minimum atomic E-state index is -1.13. The largest absolute Gasteiger partial charge is 0.497 e. The first-order valence-electron chi connectivity index (χ1n) is 28.9. The van der Waals surface area contributed by atoms with E-state index in [1.165, 1.54) is 56.9 Å². The Morgan fingerprint density at radius 2 is 1.42 bits per heavy atom. The standard InChI is InChI=1S/C64H88N2O10/c1-43(2)15-14-16-44(3)55-30-31-56-54-29-24-48-39-52(34-36-62(48,4)57(54)35-37-63(55,56)5)76-61(71)65-38-13-9-12-19-58(67)66-41-53(75-60(70)33-32-59(68)69)40-49(66)42-74-64(45-17-10-8-11-18-45,46-20-25-50(72-6)26-21-46)47-22-27-51(73-7)28-23-47/h8,10-11,17-18,20-28,43-44,49,52-57H,9,12-16,19,29-42H2,1-7H3,(H,65,71)(H,68,69)/t44-,49?,52?,53?,54?,55-,56?,57?,62+,63-/m1/s1. The second-order valence-corrected chi connectivity index (χ2v) is 24.1. The molecule has 6 unspecified atom stereocenters. The van der Waals surface area contributed by atoms with Gasteiger partial charge in [0.15, 0.2) is 0 Å². The van der Waals surface area contributed by atoms with Crippen LogP contribution in [0.5, 0.6) is 11.5 Å². The average molecular weight is 1050 g/mol. The first kappa shape index (κ1) is 56.8. The van der Waals surface area contributed by atoms with Crippen molar-refractivity contribution in [1.82, 2.24) is 10.2 Å². The number of ether oxygens (including phenoxy) is 5. The highest BCUT2D eigenvalue weighted by atomic mass is 16.6. The molecule has 0 spiro atoms. The molecule has 12 heteroatoms. The molecule has 1 saturated heterocycles. The van der Waals surface area contributed by atoms with Crippen molar-refractivity contribution in [3.8, 4) is 11.5 Å². The van der Waals surface area contributed by atoms with Crippen LogP contribution in [0.4, 0.5) is 4.79 Å². The van der Waals surface area contributed by atoms with E-state index in [2.05, 4.69) is 46.0 Å². The number of hydrogen-bond acceptors (Lipinski definition) is 9. The van der Waals surface area contributed by atoms with Gasteiger partial charge in [0.25, 0.3) is 0 Å². The first-order valence-corrected chi connectivity index (χ1v) is 28.9. The van der Waals surface area contributed by atoms with E-state index in [4.69, 9.17) is 23.7 Å². The molecule has 10 atom stereocenters. The Labute approximate surface area is 453 Å². The molecule has 12 nitrogen and oxygen atoms in total. The van der Waals surface area contributed by atoms with Crippen LogP contribution in [0.2, 0.25) is 0 Å². The molecule has 3 aromatic carbocycles. The number of amides is 2. The molecular formula is C64H88N2O10. The van der Waals surface area contributed by atoms with Gasteiger partial charge in [-0.2, -0.15) is 0 Å². The fourth-order valence-electron chi connectivity index (χ4n) is 15.0. The first-order chi connectivity index (χ1) is 36.6. The van der Waals surface area contributed by atoms with Gasteiger partial charge in [-0.25, -0.2) is 4.79 Å². The van der Waals surface area contributed by atoms with Gasteiger partial charge in [0.05, 0.1) is 46.3 Å². The fourth-order valence-corrected chi connectivity index (χ4v) is 15.0. The predicted molar refractivity (Wildman–Crippen MR) is 295 cm³/mol. The lowest BCUT2D eigenvalue weighted by Crippen LogP contribution is -2.51. The Hall–Kier alpha value is -5.36. The van der Waals surface area contributed by atoms with Crippen molar-refractivity contribution in [2.24, 2.45) is 46.3 Å². The SMILES string of the molecule is COc1ccc(C(OCC2CC(OC(=O)CCC(=O)O)CN2C(=O)CCCCCNC(=O)OC2CC[C@@]3(C)C(=CCC4C3CC[C@@]3(C)C4CC[C@@H]3[C@H](C)CCCC(C)C)C2)(c2ccccc2)c2ccc(OC)cc2)cc1. The summed E-state index contributed by atoms with van der Waals surface area (Å²) in [5.41, 5.74) is 3.60. The quantitative estimate of drug-likeness (QED) is 0.0384. The molecule has 0 aromatic heterocycles. The van der Waals surface area contributed by atoms with Crippen LogP contribution >= 0.6 is 0 Å². The molecule has 3 saturated carbocycles. The second-order valence-electron chi connectivity index (χ2n) is 24.1. The molecular weight excluding hydrogens is 957 g/mol. The van der Waals surface area contributed by atoms with Crippen molar-refractivity contribution in [2.75, 3.05) is 33.9 Å². The molecule has 414 valence electrons. The van der Waals surface area contributed by atoms with Crippen LogP contribution in [-0.2, 0) is 34.2 Å². The maximum Gasteiger partial charge on any atom is 0.407 e. The number of nitrogens with one attached hydrogen (secondary N) is 1. The van der Waals surface area contributed by atoms with E-state index in [1.54, 1.807) is 19.1 Å². The third kappa shape index (κ3) is 12.8. The summed E-state index contributed by atoms with van der Waals surface area (Å²) < 4.78 is 30.2. The van der Waals surface area contributed by atoms with E-state index in [9.17, 15) is 24.3 Å². The van der Waals surface area contributed by atoms with Gasteiger partial charge in [0, 0.05) is 25.8 Å². The van der Waals surface area contributed by atoms with E-state index in [0.29, 0.717) is 42.7 Å². The Balaban J connectivity index is 0.845. The minimum absolute atomic E-state index is 0.0892. The molecule has 5 aliphatic rings. The molecule has 1 aliphatic heterocycles. The normalized spacial score (nSPS) is 27.3. The summed E-state index contributed by atoms with van der Waals surface area (Å²) in [6, 6.07) is 25.0. The maximum atomic E-state index is 14.2. The zero-order valence-electron chi connectivity index (χ0n) is 46.7. The summed E-state index contributed by atoms with van der Waals surface area (Å²) >= 11 is 0. The molecule has 2 amide bonds. The number of carboxylic acid groups (broad SMARTS) is 1. The molecule has 4 fully saturated rings. The smallest absolute Gasteiger partial charge is 0.407 e. The Morgan fingerprint density at radius 3 is 2.08 bits per heavy atom. The predicted octanol–water partition coefficient (Wildman–Crippen LogP) is 13.1. The topological polar surface area (TPSA) is 150 Å². The number of carbonyl (C=O) groups is 4. The number of likely N-dealkylation sites (tertiary alicyclic amines) is 1. The van der Waals surface area contributed by atoms with Gasteiger partial charge in [-0.15, -0.1) is 0 Å². The number of methoxy groups -OCH3 is 2. The summed E-state index contributed by atoms with van der Waals surface area (Å²) in [6.07, 6.45) is 16.9. The molecule has 4 aliphatic carbocycles. The van der Waals surface area contributed by atoms with Crippen LogP contribution in [0.25, 0.3) is 0 Å². The number of aliphatic carboxylic acids is 1. The molecule has 8 rings (SSSR count). The highest BCUT2D eigenvalue weighted by Gasteiger charge is 2.59. The number of carboxylic acids is 1. The minimum Gasteiger partial charge on any atom is -0.497 e. The summed E-state index contributed by atoms with van der Waals surface area (Å²) in [7, 11) is 3.25. The van der Waals surface area contributed by atoms with Crippen LogP contribution in [0.1, 0.15) is 167 Å². The number of fused-ring (bicyclic) bond motifs is 5. The van der Waals surface area contributed by atoms with Crippen LogP contribution in [-0.4, -0.2) is 86.1 Å². The number of alkyl carbamates (subject to hydrolysis) is 1. The van der Waals surface area contributed by atoms with Crippen LogP contribution in [0.3, 0.4) is 0 Å². The summed E-state index contributed by atoms with van der Waals surface area (Å²) in [6.45, 7) is 13.2. The monoisotopic (exact) mass is 1040 g/mol. The average Bonchev–Trinajstić information content (AvgIpc) is 4.07. The van der Waals surface area contributed by atoms with Gasteiger partial charge >= 0.3 is 18.0 Å². The second kappa shape index (κ2) is 25.4. The van der Waals surface area contributed by atoms with E-state index in [-0.39, 0.29) is 55.9 Å². The zero-order chi connectivity index (χ0) is 54.0. The van der Waals surface area contributed by atoms with Crippen LogP contribution in [0.15, 0.2) is 90.5 Å². The molecule has 3 aromatic rings. The molecule has 2 N–H and O–H groups in total.